The minimum Gasteiger partial charge on any atom is -0.467 e. The SMILES string of the molecule is COC(=O)[C@H]1CN(c2cnc3ccc(-c4cn(C5CCCCO5)nc4-c4cc(Cl)ccc4F)nc3c2)CCN1C(=O)OC(C)(C)C. The highest BCUT2D eigenvalue weighted by Gasteiger charge is 2.38. The Labute approximate surface area is 271 Å². The van der Waals surface area contributed by atoms with Gasteiger partial charge in [-0.15, -0.1) is 0 Å². The summed E-state index contributed by atoms with van der Waals surface area (Å²) in [5.41, 5.74) is 3.14. The molecule has 13 heteroatoms. The van der Waals surface area contributed by atoms with Crippen LogP contribution in [0, 0.1) is 5.82 Å². The lowest BCUT2D eigenvalue weighted by atomic mass is 10.0. The van der Waals surface area contributed by atoms with Crippen molar-refractivity contribution in [1.29, 1.82) is 0 Å². The molecule has 2 saturated heterocycles. The van der Waals surface area contributed by atoms with Crippen LogP contribution >= 0.6 is 11.6 Å². The summed E-state index contributed by atoms with van der Waals surface area (Å²) in [6.07, 6.45) is 5.51. The minimum absolute atomic E-state index is 0.186. The molecule has 2 atom stereocenters. The Kier molecular flexibility index (Phi) is 8.84. The lowest BCUT2D eigenvalue weighted by Crippen LogP contribution is -2.59. The van der Waals surface area contributed by atoms with Crippen LogP contribution in [0.2, 0.25) is 5.02 Å². The number of hydrogen-bond acceptors (Lipinski definition) is 9. The molecule has 46 heavy (non-hydrogen) atoms. The summed E-state index contributed by atoms with van der Waals surface area (Å²) in [5.74, 6) is -0.986. The van der Waals surface area contributed by atoms with Crippen molar-refractivity contribution in [1.82, 2.24) is 24.6 Å². The summed E-state index contributed by atoms with van der Waals surface area (Å²) >= 11 is 6.27. The normalized spacial score (nSPS) is 18.9. The maximum atomic E-state index is 15.1. The predicted octanol–water partition coefficient (Wildman–Crippen LogP) is 6.25. The van der Waals surface area contributed by atoms with Crippen molar-refractivity contribution in [2.45, 2.75) is 57.9 Å². The molecule has 0 aliphatic carbocycles. The molecule has 242 valence electrons. The number of nitrogens with zero attached hydrogens (tertiary/aromatic N) is 6. The largest absolute Gasteiger partial charge is 0.467 e. The Hall–Kier alpha value is -4.29. The molecule has 6 rings (SSSR count). The second-order valence-corrected chi connectivity index (χ2v) is 12.8. The predicted molar refractivity (Wildman–Crippen MR) is 171 cm³/mol. The Morgan fingerprint density at radius 3 is 2.63 bits per heavy atom. The van der Waals surface area contributed by atoms with Crippen LogP contribution in [0.15, 0.2) is 48.8 Å². The molecule has 3 aromatic heterocycles. The van der Waals surface area contributed by atoms with E-state index in [1.165, 1.54) is 24.1 Å². The molecule has 2 aliphatic rings. The quantitative estimate of drug-likeness (QED) is 0.231. The summed E-state index contributed by atoms with van der Waals surface area (Å²) in [4.78, 5) is 38.6. The fourth-order valence-corrected chi connectivity index (χ4v) is 5.92. The maximum Gasteiger partial charge on any atom is 0.411 e. The first kappa shape index (κ1) is 31.7. The van der Waals surface area contributed by atoms with Gasteiger partial charge >= 0.3 is 12.1 Å². The van der Waals surface area contributed by atoms with E-state index in [1.807, 2.05) is 29.3 Å². The van der Waals surface area contributed by atoms with Gasteiger partial charge in [-0.25, -0.2) is 23.6 Å². The van der Waals surface area contributed by atoms with Crippen molar-refractivity contribution in [2.75, 3.05) is 38.3 Å². The van der Waals surface area contributed by atoms with Gasteiger partial charge in [0.1, 0.15) is 23.3 Å². The lowest BCUT2D eigenvalue weighted by molar-refractivity contribution is -0.147. The summed E-state index contributed by atoms with van der Waals surface area (Å²) in [7, 11) is 1.30. The van der Waals surface area contributed by atoms with Crippen LogP contribution in [-0.2, 0) is 19.0 Å². The fraction of sp³-hybridized carbons (Fsp3) is 0.424. The van der Waals surface area contributed by atoms with Gasteiger partial charge in [0, 0.05) is 48.6 Å². The molecule has 0 saturated carbocycles. The van der Waals surface area contributed by atoms with Crippen LogP contribution in [0.4, 0.5) is 14.9 Å². The number of carbonyl (C=O) groups is 2. The van der Waals surface area contributed by atoms with Crippen molar-refractivity contribution in [3.05, 3.63) is 59.6 Å². The molecule has 1 amide bonds. The highest BCUT2D eigenvalue weighted by molar-refractivity contribution is 6.30. The third kappa shape index (κ3) is 6.63. The third-order valence-electron chi connectivity index (χ3n) is 8.01. The Morgan fingerprint density at radius 2 is 1.89 bits per heavy atom. The van der Waals surface area contributed by atoms with Crippen LogP contribution in [0.25, 0.3) is 33.5 Å². The number of pyridine rings is 2. The van der Waals surface area contributed by atoms with E-state index >= 15 is 4.39 Å². The van der Waals surface area contributed by atoms with E-state index in [2.05, 4.69) is 4.98 Å². The van der Waals surface area contributed by atoms with Crippen molar-refractivity contribution >= 4 is 40.4 Å². The van der Waals surface area contributed by atoms with Gasteiger partial charge in [0.2, 0.25) is 0 Å². The first-order chi connectivity index (χ1) is 22.0. The maximum absolute atomic E-state index is 15.1. The molecule has 1 unspecified atom stereocenters. The molecule has 0 spiro atoms. The minimum atomic E-state index is -0.869. The van der Waals surface area contributed by atoms with Crippen molar-refractivity contribution < 1.29 is 28.2 Å². The number of hydrogen-bond donors (Lipinski definition) is 0. The topological polar surface area (TPSA) is 112 Å². The number of piperazine rings is 1. The van der Waals surface area contributed by atoms with Crippen LogP contribution < -0.4 is 4.90 Å². The third-order valence-corrected chi connectivity index (χ3v) is 8.25. The molecule has 5 heterocycles. The molecular weight excluding hydrogens is 615 g/mol. The molecule has 11 nitrogen and oxygen atoms in total. The zero-order chi connectivity index (χ0) is 32.6. The Morgan fingerprint density at radius 1 is 1.07 bits per heavy atom. The summed E-state index contributed by atoms with van der Waals surface area (Å²) < 4.78 is 33.4. The van der Waals surface area contributed by atoms with Crippen LogP contribution in [-0.4, -0.2) is 81.7 Å². The van der Waals surface area contributed by atoms with Gasteiger partial charge in [0.25, 0.3) is 0 Å². The molecule has 0 N–H and O–H groups in total. The average Bonchev–Trinajstić information content (AvgIpc) is 3.49. The summed E-state index contributed by atoms with van der Waals surface area (Å²) in [6.45, 7) is 6.83. The number of methoxy groups -OCH3 is 1. The van der Waals surface area contributed by atoms with E-state index in [1.54, 1.807) is 37.7 Å². The fourth-order valence-electron chi connectivity index (χ4n) is 5.75. The number of carbonyl (C=O) groups excluding carboxylic acids is 2. The average molecular weight is 651 g/mol. The molecule has 2 aliphatic heterocycles. The molecule has 0 bridgehead atoms. The zero-order valence-corrected chi connectivity index (χ0v) is 27.0. The zero-order valence-electron chi connectivity index (χ0n) is 26.2. The number of benzene rings is 1. The van der Waals surface area contributed by atoms with E-state index in [9.17, 15) is 9.59 Å². The van der Waals surface area contributed by atoms with Crippen LogP contribution in [0.1, 0.15) is 46.3 Å². The number of esters is 1. The van der Waals surface area contributed by atoms with E-state index in [4.69, 9.17) is 35.9 Å². The van der Waals surface area contributed by atoms with Gasteiger partial charge in [-0.3, -0.25) is 9.88 Å². The van der Waals surface area contributed by atoms with Crippen molar-refractivity contribution in [2.24, 2.45) is 0 Å². The summed E-state index contributed by atoms with van der Waals surface area (Å²) in [5, 5.41) is 5.16. The first-order valence-corrected chi connectivity index (χ1v) is 15.6. The van der Waals surface area contributed by atoms with Gasteiger partial charge in [-0.2, -0.15) is 5.10 Å². The van der Waals surface area contributed by atoms with E-state index in [0.29, 0.717) is 46.2 Å². The van der Waals surface area contributed by atoms with Gasteiger partial charge < -0.3 is 19.1 Å². The van der Waals surface area contributed by atoms with Crippen LogP contribution in [0.3, 0.4) is 0 Å². The second-order valence-electron chi connectivity index (χ2n) is 12.4. The molecule has 2 fully saturated rings. The number of aromatic nitrogens is 4. The van der Waals surface area contributed by atoms with Crippen molar-refractivity contribution in [3.63, 3.8) is 0 Å². The monoisotopic (exact) mass is 650 g/mol. The number of amides is 1. The number of rotatable bonds is 5. The standard InChI is InChI=1S/C33H36ClFN6O5/c1-33(2,3)46-32(43)40-13-12-39(19-28(40)31(42)44-4)21-16-27-26(36-17-21)11-10-25(37-27)23-18-41(29-7-5-6-14-45-29)38-30(23)22-15-20(34)8-9-24(22)35/h8-11,15-18,28-29H,5-7,12-14,19H2,1-4H3/t28-,29?/m1/s1. The number of halogens is 2. The molecule has 0 radical (unpaired) electrons. The lowest BCUT2D eigenvalue weighted by Gasteiger charge is -2.41. The second kappa shape index (κ2) is 12.8. The van der Waals surface area contributed by atoms with Crippen LogP contribution in [0.5, 0.6) is 0 Å². The molecular formula is C33H36ClFN6O5. The first-order valence-electron chi connectivity index (χ1n) is 15.3. The van der Waals surface area contributed by atoms with Gasteiger partial charge in [-0.1, -0.05) is 11.6 Å². The number of fused-ring (bicyclic) bond motifs is 1. The van der Waals surface area contributed by atoms with Gasteiger partial charge in [0.15, 0.2) is 6.04 Å². The van der Waals surface area contributed by atoms with E-state index in [0.717, 1.165) is 24.9 Å². The number of anilines is 1. The Bertz CT molecular complexity index is 1770. The molecule has 4 aromatic rings. The van der Waals surface area contributed by atoms with E-state index in [-0.39, 0.29) is 24.9 Å². The summed E-state index contributed by atoms with van der Waals surface area (Å²) in [6, 6.07) is 9.09. The van der Waals surface area contributed by atoms with Gasteiger partial charge in [-0.05, 0) is 76.4 Å². The smallest absolute Gasteiger partial charge is 0.411 e. The number of ether oxygens (including phenoxy) is 3. The van der Waals surface area contributed by atoms with Gasteiger partial charge in [0.05, 0.1) is 35.7 Å². The Balaban J connectivity index is 1.34. The molecule has 1 aromatic carbocycles. The van der Waals surface area contributed by atoms with Crippen molar-refractivity contribution in [3.8, 4) is 22.5 Å². The highest BCUT2D eigenvalue weighted by Crippen LogP contribution is 2.36. The van der Waals surface area contributed by atoms with E-state index < -0.39 is 29.5 Å². The highest BCUT2D eigenvalue weighted by atomic mass is 35.5.